The van der Waals surface area contributed by atoms with E-state index in [1.165, 1.54) is 0 Å². The highest BCUT2D eigenvalue weighted by molar-refractivity contribution is 6.04. The number of nitrogens with one attached hydrogen (secondary N) is 1. The van der Waals surface area contributed by atoms with Crippen molar-refractivity contribution in [1.82, 2.24) is 0 Å². The minimum absolute atomic E-state index is 0.147. The molecule has 2 aromatic rings. The van der Waals surface area contributed by atoms with Crippen LogP contribution in [0.1, 0.15) is 28.8 Å². The van der Waals surface area contributed by atoms with E-state index in [0.29, 0.717) is 29.4 Å². The van der Waals surface area contributed by atoms with E-state index in [2.05, 4.69) is 5.32 Å². The third kappa shape index (κ3) is 5.47. The van der Waals surface area contributed by atoms with Gasteiger partial charge in [-0.1, -0.05) is 0 Å². The van der Waals surface area contributed by atoms with E-state index < -0.39 is 12.6 Å². The molecule has 0 aliphatic carbocycles. The zero-order valence-corrected chi connectivity index (χ0v) is 15.6. The average molecular weight is 385 g/mol. The van der Waals surface area contributed by atoms with Crippen molar-refractivity contribution >= 4 is 17.6 Å². The van der Waals surface area contributed by atoms with Gasteiger partial charge in [0.25, 0.3) is 5.91 Å². The summed E-state index contributed by atoms with van der Waals surface area (Å²) in [4.78, 5) is 23.0. The lowest BCUT2D eigenvalue weighted by molar-refractivity contribution is -0.139. The first-order valence-corrected chi connectivity index (χ1v) is 9.12. The molecule has 2 N–H and O–H groups in total. The van der Waals surface area contributed by atoms with E-state index >= 15 is 0 Å². The highest BCUT2D eigenvalue weighted by Crippen LogP contribution is 2.23. The first-order valence-electron chi connectivity index (χ1n) is 9.12. The summed E-state index contributed by atoms with van der Waals surface area (Å²) in [6.07, 6.45) is 2.23. The Bertz CT molecular complexity index is 827. The number of hydrogen-bond acceptors (Lipinski definition) is 5. The Morgan fingerprint density at radius 1 is 1.14 bits per heavy atom. The SMILES string of the molecule is Cc1cc(OCC(=O)O)ccc1NC(=O)c1ccc(OCC2CCCO2)cc1. The monoisotopic (exact) mass is 385 g/mol. The molecule has 2 aromatic carbocycles. The molecule has 1 heterocycles. The molecular formula is C21H23NO6. The van der Waals surface area contributed by atoms with Gasteiger partial charge in [-0.2, -0.15) is 0 Å². The van der Waals surface area contributed by atoms with E-state index in [4.69, 9.17) is 19.3 Å². The number of carboxylic acid groups (broad SMARTS) is 1. The number of ether oxygens (including phenoxy) is 3. The zero-order chi connectivity index (χ0) is 19.9. The molecule has 1 fully saturated rings. The number of benzene rings is 2. The summed E-state index contributed by atoms with van der Waals surface area (Å²) in [5.41, 5.74) is 1.91. The Hall–Kier alpha value is -3.06. The van der Waals surface area contributed by atoms with Crippen LogP contribution in [-0.4, -0.2) is 42.9 Å². The van der Waals surface area contributed by atoms with Crippen LogP contribution in [0, 0.1) is 6.92 Å². The van der Waals surface area contributed by atoms with E-state index in [1.54, 1.807) is 42.5 Å². The second-order valence-electron chi connectivity index (χ2n) is 6.58. The molecule has 3 rings (SSSR count). The van der Waals surface area contributed by atoms with Crippen LogP contribution in [-0.2, 0) is 9.53 Å². The number of carbonyl (C=O) groups is 2. The Balaban J connectivity index is 1.55. The van der Waals surface area contributed by atoms with Gasteiger partial charge in [0, 0.05) is 17.9 Å². The predicted molar refractivity (Wildman–Crippen MR) is 103 cm³/mol. The molecule has 1 aliphatic heterocycles. The summed E-state index contributed by atoms with van der Waals surface area (Å²) in [5, 5.41) is 11.5. The topological polar surface area (TPSA) is 94.1 Å². The van der Waals surface area contributed by atoms with E-state index in [-0.39, 0.29) is 12.0 Å². The van der Waals surface area contributed by atoms with Gasteiger partial charge in [-0.25, -0.2) is 4.79 Å². The van der Waals surface area contributed by atoms with Crippen LogP contribution < -0.4 is 14.8 Å². The van der Waals surface area contributed by atoms with Crippen LogP contribution in [0.4, 0.5) is 5.69 Å². The molecule has 7 heteroatoms. The van der Waals surface area contributed by atoms with Crippen LogP contribution in [0.15, 0.2) is 42.5 Å². The van der Waals surface area contributed by atoms with Gasteiger partial charge >= 0.3 is 5.97 Å². The minimum Gasteiger partial charge on any atom is -0.491 e. The van der Waals surface area contributed by atoms with Crippen molar-refractivity contribution in [3.05, 3.63) is 53.6 Å². The van der Waals surface area contributed by atoms with Crippen molar-refractivity contribution < 1.29 is 28.9 Å². The molecular weight excluding hydrogens is 362 g/mol. The largest absolute Gasteiger partial charge is 0.491 e. The van der Waals surface area contributed by atoms with Crippen molar-refractivity contribution in [3.63, 3.8) is 0 Å². The highest BCUT2D eigenvalue weighted by Gasteiger charge is 2.16. The first kappa shape index (κ1) is 19.7. The number of amides is 1. The van der Waals surface area contributed by atoms with Gasteiger partial charge in [0.2, 0.25) is 0 Å². The second-order valence-corrected chi connectivity index (χ2v) is 6.58. The van der Waals surface area contributed by atoms with Crippen molar-refractivity contribution in [2.24, 2.45) is 0 Å². The lowest BCUT2D eigenvalue weighted by atomic mass is 10.1. The Kier molecular flexibility index (Phi) is 6.49. The molecule has 1 atom stereocenters. The van der Waals surface area contributed by atoms with Crippen molar-refractivity contribution in [3.8, 4) is 11.5 Å². The molecule has 1 saturated heterocycles. The van der Waals surface area contributed by atoms with Crippen LogP contribution >= 0.6 is 0 Å². The molecule has 0 radical (unpaired) electrons. The second kappa shape index (κ2) is 9.23. The van der Waals surface area contributed by atoms with Crippen LogP contribution in [0.25, 0.3) is 0 Å². The van der Waals surface area contributed by atoms with E-state index in [0.717, 1.165) is 25.0 Å². The fraction of sp³-hybridized carbons (Fsp3) is 0.333. The van der Waals surface area contributed by atoms with Crippen LogP contribution in [0.3, 0.4) is 0 Å². The number of aliphatic carboxylic acids is 1. The normalized spacial score (nSPS) is 15.8. The number of carbonyl (C=O) groups excluding carboxylic acids is 1. The van der Waals surface area contributed by atoms with Gasteiger partial charge in [0.1, 0.15) is 18.1 Å². The summed E-state index contributed by atoms with van der Waals surface area (Å²) < 4.78 is 16.4. The van der Waals surface area contributed by atoms with E-state index in [9.17, 15) is 9.59 Å². The minimum atomic E-state index is -1.04. The maximum Gasteiger partial charge on any atom is 0.341 e. The average Bonchev–Trinajstić information content (AvgIpc) is 3.20. The zero-order valence-electron chi connectivity index (χ0n) is 15.6. The number of carboxylic acids is 1. The van der Waals surface area contributed by atoms with Crippen molar-refractivity contribution in [1.29, 1.82) is 0 Å². The molecule has 0 spiro atoms. The summed E-state index contributed by atoms with van der Waals surface area (Å²) in [5.74, 6) is -0.153. The van der Waals surface area contributed by atoms with Crippen LogP contribution in [0.2, 0.25) is 0 Å². The molecule has 1 unspecified atom stereocenters. The number of aryl methyl sites for hydroxylation is 1. The molecule has 1 aliphatic rings. The maximum absolute atomic E-state index is 12.5. The number of hydrogen-bond donors (Lipinski definition) is 2. The van der Waals surface area contributed by atoms with Crippen molar-refractivity contribution in [2.75, 3.05) is 25.1 Å². The fourth-order valence-corrected chi connectivity index (χ4v) is 2.87. The molecule has 0 saturated carbocycles. The number of anilines is 1. The van der Waals surface area contributed by atoms with Crippen LogP contribution in [0.5, 0.6) is 11.5 Å². The van der Waals surface area contributed by atoms with Gasteiger partial charge < -0.3 is 24.6 Å². The van der Waals surface area contributed by atoms with Crippen molar-refractivity contribution in [2.45, 2.75) is 25.9 Å². The quantitative estimate of drug-likeness (QED) is 0.724. The molecule has 0 bridgehead atoms. The summed E-state index contributed by atoms with van der Waals surface area (Å²) in [7, 11) is 0. The maximum atomic E-state index is 12.5. The Morgan fingerprint density at radius 2 is 1.89 bits per heavy atom. The van der Waals surface area contributed by atoms with Gasteiger partial charge in [-0.15, -0.1) is 0 Å². The first-order chi connectivity index (χ1) is 13.5. The third-order valence-electron chi connectivity index (χ3n) is 4.38. The highest BCUT2D eigenvalue weighted by atomic mass is 16.5. The van der Waals surface area contributed by atoms with Gasteiger partial charge in [0.15, 0.2) is 6.61 Å². The smallest absolute Gasteiger partial charge is 0.341 e. The van der Waals surface area contributed by atoms with Gasteiger partial charge in [0.05, 0.1) is 6.10 Å². The standard InChI is InChI=1S/C21H23NO6/c1-14-11-17(28-13-20(23)24)8-9-19(14)22-21(25)15-4-6-16(7-5-15)27-12-18-3-2-10-26-18/h4-9,11,18H,2-3,10,12-13H2,1H3,(H,22,25)(H,23,24). The molecule has 28 heavy (non-hydrogen) atoms. The van der Waals surface area contributed by atoms with Gasteiger partial charge in [-0.05, 0) is 67.8 Å². The fourth-order valence-electron chi connectivity index (χ4n) is 2.87. The Morgan fingerprint density at radius 3 is 2.54 bits per heavy atom. The molecule has 7 nitrogen and oxygen atoms in total. The lowest BCUT2D eigenvalue weighted by Crippen LogP contribution is -2.16. The predicted octanol–water partition coefficient (Wildman–Crippen LogP) is 3.27. The lowest BCUT2D eigenvalue weighted by Gasteiger charge is -2.12. The summed E-state index contributed by atoms with van der Waals surface area (Å²) in [6.45, 7) is 2.71. The molecule has 0 aromatic heterocycles. The van der Waals surface area contributed by atoms with E-state index in [1.807, 2.05) is 6.92 Å². The van der Waals surface area contributed by atoms with Gasteiger partial charge in [-0.3, -0.25) is 4.79 Å². The Labute approximate surface area is 163 Å². The third-order valence-corrected chi connectivity index (χ3v) is 4.38. The summed E-state index contributed by atoms with van der Waals surface area (Å²) >= 11 is 0. The molecule has 1 amide bonds. The summed E-state index contributed by atoms with van der Waals surface area (Å²) in [6, 6.07) is 11.9. The molecule has 148 valence electrons. The number of rotatable bonds is 8.